The van der Waals surface area contributed by atoms with Crippen LogP contribution in [-0.2, 0) is 35.7 Å². The molecule has 5 atom stereocenters. The van der Waals surface area contributed by atoms with Crippen molar-refractivity contribution in [1.82, 2.24) is 29.8 Å². The van der Waals surface area contributed by atoms with E-state index in [2.05, 4.69) is 21.9 Å². The first-order valence-electron chi connectivity index (χ1n) is 19.4. The predicted octanol–water partition coefficient (Wildman–Crippen LogP) is 4.03. The number of benzene rings is 2. The van der Waals surface area contributed by atoms with Gasteiger partial charge in [-0.25, -0.2) is 18.2 Å². The van der Waals surface area contributed by atoms with Crippen LogP contribution >= 0.6 is 0 Å². The fourth-order valence-electron chi connectivity index (χ4n) is 7.32. The van der Waals surface area contributed by atoms with Gasteiger partial charge in [0.1, 0.15) is 40.8 Å². The number of carbonyl (C=O) groups is 4. The Labute approximate surface area is 342 Å². The lowest BCUT2D eigenvalue weighted by Crippen LogP contribution is -2.59. The molecule has 1 saturated heterocycles. The number of alkyl carbamates (subject to hydrolysis) is 1. The zero-order valence-electron chi connectivity index (χ0n) is 33.2. The molecule has 0 bridgehead atoms. The van der Waals surface area contributed by atoms with Crippen molar-refractivity contribution in [2.45, 2.75) is 87.6 Å². The monoisotopic (exact) mass is 828 g/mol. The largest absolute Gasteiger partial charge is 0.497 e. The normalized spacial score (nSPS) is 21.9. The number of hydrogen-bond acceptors (Lipinski definition) is 11. The number of likely N-dealkylation sites (tertiary alicyclic amines) is 1. The summed E-state index contributed by atoms with van der Waals surface area (Å²) in [5, 5.41) is 15.9. The number of pyridine rings is 1. The average molecular weight is 829 g/mol. The standard InChI is InChI=1S/C42H48N6O10S/c1-6-26-22-42(26,39(52)46-59(54,55)29-15-16-29)45-37(50)34-20-28(23-48(34)38(51)33(24-47-18-10-13-36(47)49)44-40(53)58-41(2,3)4)57-35-21-31(25-11-8-7-9-12-25)43-32-19-27(56-5)14-17-30(32)35/h6-14,17-19,21,26,28-29,33-34,49H,1,15-16,20,22-24H2,2-5H3,(H,44,53)(H,45,50)(H,46,52)/t26-,28-,33+,34+,42-/m1/s1. The second kappa shape index (κ2) is 15.9. The molecule has 59 heavy (non-hydrogen) atoms. The summed E-state index contributed by atoms with van der Waals surface area (Å²) in [6.07, 6.45) is 2.21. The third-order valence-corrected chi connectivity index (χ3v) is 12.4. The lowest BCUT2D eigenvalue weighted by atomic mass is 10.1. The molecule has 4 N–H and O–H groups in total. The summed E-state index contributed by atoms with van der Waals surface area (Å²) in [6.45, 7) is 8.42. The van der Waals surface area contributed by atoms with Gasteiger partial charge in [0.2, 0.25) is 21.8 Å². The van der Waals surface area contributed by atoms with Gasteiger partial charge in [0.15, 0.2) is 5.88 Å². The number of nitrogens with one attached hydrogen (secondary N) is 3. The molecule has 0 unspecified atom stereocenters. The van der Waals surface area contributed by atoms with Crippen molar-refractivity contribution in [3.8, 4) is 28.6 Å². The fraction of sp³-hybridized carbons (Fsp3) is 0.405. The Morgan fingerprint density at radius 1 is 1.07 bits per heavy atom. The molecule has 2 aliphatic carbocycles. The van der Waals surface area contributed by atoms with E-state index in [0.717, 1.165) is 5.56 Å². The molecule has 312 valence electrons. The maximum Gasteiger partial charge on any atom is 0.408 e. The third-order valence-electron chi connectivity index (χ3n) is 10.6. The van der Waals surface area contributed by atoms with Gasteiger partial charge < -0.3 is 39.4 Å². The van der Waals surface area contributed by atoms with E-state index in [1.807, 2.05) is 30.3 Å². The molecule has 3 aliphatic rings. The smallest absolute Gasteiger partial charge is 0.408 e. The summed E-state index contributed by atoms with van der Waals surface area (Å²) in [5.74, 6) is -2.06. The summed E-state index contributed by atoms with van der Waals surface area (Å²) < 4.78 is 46.8. The second-order valence-corrected chi connectivity index (χ2v) is 18.1. The van der Waals surface area contributed by atoms with E-state index in [0.29, 0.717) is 40.9 Å². The van der Waals surface area contributed by atoms with Gasteiger partial charge in [-0.05, 0) is 64.3 Å². The van der Waals surface area contributed by atoms with Crippen molar-refractivity contribution in [3.63, 3.8) is 0 Å². The number of nitrogens with zero attached hydrogens (tertiary/aromatic N) is 3. The molecule has 17 heteroatoms. The van der Waals surface area contributed by atoms with Gasteiger partial charge in [-0.15, -0.1) is 6.58 Å². The van der Waals surface area contributed by atoms with E-state index in [-0.39, 0.29) is 31.8 Å². The van der Waals surface area contributed by atoms with Crippen LogP contribution < -0.4 is 24.8 Å². The molecule has 3 heterocycles. The summed E-state index contributed by atoms with van der Waals surface area (Å²) in [4.78, 5) is 62.2. The van der Waals surface area contributed by atoms with Crippen LogP contribution in [0, 0.1) is 5.92 Å². The van der Waals surface area contributed by atoms with Crippen molar-refractivity contribution in [2.24, 2.45) is 5.92 Å². The predicted molar refractivity (Wildman–Crippen MR) is 217 cm³/mol. The van der Waals surface area contributed by atoms with E-state index < -0.39 is 74.3 Å². The van der Waals surface area contributed by atoms with Crippen LogP contribution in [-0.4, -0.2) is 100 Å². The SMILES string of the molecule is C=C[C@@H]1C[C@]1(NC(=O)[C@@H]1C[C@@H](Oc2cc(-c3ccccc3)nc3cc(OC)ccc23)CN1C(=O)[C@H](Cn1cccc1O)NC(=O)OC(C)(C)C)C(=O)NS(=O)(=O)C1CC1. The lowest BCUT2D eigenvalue weighted by molar-refractivity contribution is -0.141. The van der Waals surface area contributed by atoms with Crippen molar-refractivity contribution < 1.29 is 46.9 Å². The Morgan fingerprint density at radius 2 is 1.81 bits per heavy atom. The molecule has 2 aromatic carbocycles. The highest BCUT2D eigenvalue weighted by atomic mass is 32.2. The second-order valence-electron chi connectivity index (χ2n) is 16.1. The summed E-state index contributed by atoms with van der Waals surface area (Å²) in [5.41, 5.74) is -0.530. The van der Waals surface area contributed by atoms with Crippen LogP contribution in [0.5, 0.6) is 17.4 Å². The average Bonchev–Trinajstić information content (AvgIpc) is 4.09. The minimum Gasteiger partial charge on any atom is -0.497 e. The lowest BCUT2D eigenvalue weighted by Gasteiger charge is -2.30. The maximum absolute atomic E-state index is 14.8. The molecule has 4 aromatic rings. The number of aromatic nitrogens is 2. The third kappa shape index (κ3) is 8.99. The Kier molecular flexibility index (Phi) is 11.1. The zero-order chi connectivity index (χ0) is 42.3. The highest BCUT2D eigenvalue weighted by Crippen LogP contribution is 2.45. The van der Waals surface area contributed by atoms with E-state index in [4.69, 9.17) is 19.2 Å². The van der Waals surface area contributed by atoms with Gasteiger partial charge in [0.25, 0.3) is 5.91 Å². The topological polar surface area (TPSA) is 207 Å². The van der Waals surface area contributed by atoms with Crippen molar-refractivity contribution in [1.29, 1.82) is 0 Å². The minimum atomic E-state index is -3.95. The molecule has 4 amide bonds. The number of aromatic hydroxyl groups is 1. The van der Waals surface area contributed by atoms with E-state index in [1.54, 1.807) is 58.2 Å². The molecule has 7 rings (SSSR count). The first-order chi connectivity index (χ1) is 28.0. The minimum absolute atomic E-state index is 0.0526. The van der Waals surface area contributed by atoms with Gasteiger partial charge in [-0.1, -0.05) is 36.4 Å². The van der Waals surface area contributed by atoms with Crippen LogP contribution in [0.15, 0.2) is 85.6 Å². The molecule has 0 radical (unpaired) electrons. The maximum atomic E-state index is 14.8. The summed E-state index contributed by atoms with van der Waals surface area (Å²) >= 11 is 0. The number of ether oxygens (including phenoxy) is 3. The van der Waals surface area contributed by atoms with Crippen molar-refractivity contribution >= 4 is 44.7 Å². The Balaban J connectivity index is 1.23. The van der Waals surface area contributed by atoms with Gasteiger partial charge in [-0.2, -0.15) is 0 Å². The number of carbonyl (C=O) groups excluding carboxylic acids is 4. The molecular formula is C42H48N6O10S. The van der Waals surface area contributed by atoms with Gasteiger partial charge >= 0.3 is 6.09 Å². The van der Waals surface area contributed by atoms with Crippen molar-refractivity contribution in [2.75, 3.05) is 13.7 Å². The number of rotatable bonds is 14. The number of fused-ring (bicyclic) bond motifs is 1. The summed E-state index contributed by atoms with van der Waals surface area (Å²) in [7, 11) is -2.40. The fourth-order valence-corrected chi connectivity index (χ4v) is 8.69. The van der Waals surface area contributed by atoms with Crippen LogP contribution in [0.25, 0.3) is 22.2 Å². The molecular weight excluding hydrogens is 781 g/mol. The molecule has 16 nitrogen and oxygen atoms in total. The van der Waals surface area contributed by atoms with Crippen LogP contribution in [0.3, 0.4) is 0 Å². The molecule has 2 aromatic heterocycles. The number of methoxy groups -OCH3 is 1. The van der Waals surface area contributed by atoms with Crippen LogP contribution in [0.4, 0.5) is 4.79 Å². The van der Waals surface area contributed by atoms with Crippen molar-refractivity contribution in [3.05, 3.63) is 85.6 Å². The Hall–Kier alpha value is -6.10. The van der Waals surface area contributed by atoms with Gasteiger partial charge in [-0.3, -0.25) is 19.1 Å². The molecule has 1 aliphatic heterocycles. The van der Waals surface area contributed by atoms with Crippen LogP contribution in [0.1, 0.15) is 46.5 Å². The zero-order valence-corrected chi connectivity index (χ0v) is 34.0. The molecule has 3 fully saturated rings. The Bertz CT molecular complexity index is 2390. The number of sulfonamides is 1. The van der Waals surface area contributed by atoms with E-state index >= 15 is 0 Å². The highest BCUT2D eigenvalue weighted by molar-refractivity contribution is 7.91. The molecule has 0 spiro atoms. The van der Waals surface area contributed by atoms with Gasteiger partial charge in [0, 0.05) is 41.6 Å². The van der Waals surface area contributed by atoms with Gasteiger partial charge in [0.05, 0.1) is 36.7 Å². The van der Waals surface area contributed by atoms with Crippen LogP contribution in [0.2, 0.25) is 0 Å². The summed E-state index contributed by atoms with van der Waals surface area (Å²) in [6, 6.07) is 17.0. The molecule has 2 saturated carbocycles. The number of amides is 4. The Morgan fingerprint density at radius 3 is 2.44 bits per heavy atom. The van der Waals surface area contributed by atoms with E-state index in [1.165, 1.54) is 27.8 Å². The van der Waals surface area contributed by atoms with E-state index in [9.17, 15) is 32.7 Å². The highest BCUT2D eigenvalue weighted by Gasteiger charge is 2.62. The first-order valence-corrected chi connectivity index (χ1v) is 20.9. The quantitative estimate of drug-likeness (QED) is 0.134. The first kappa shape index (κ1) is 41.1. The number of hydrogen-bond donors (Lipinski definition) is 4.